The van der Waals surface area contributed by atoms with E-state index in [0.717, 1.165) is 56.9 Å². The van der Waals surface area contributed by atoms with E-state index in [4.69, 9.17) is 16.4 Å². The highest BCUT2D eigenvalue weighted by molar-refractivity contribution is 5.96. The molecule has 0 aromatic rings. The molecule has 0 spiro atoms. The Morgan fingerprint density at radius 3 is 2.79 bits per heavy atom. The number of esters is 1. The van der Waals surface area contributed by atoms with Crippen LogP contribution in [0.3, 0.4) is 0 Å². The summed E-state index contributed by atoms with van der Waals surface area (Å²) in [5, 5.41) is 23.5. The Morgan fingerprint density at radius 2 is 2.14 bits per heavy atom. The smallest absolute Gasteiger partial charge is 0.304 e. The fourth-order valence-corrected chi connectivity index (χ4v) is 7.46. The number of rotatable bonds is 2. The van der Waals surface area contributed by atoms with Crippen molar-refractivity contribution in [3.05, 3.63) is 11.6 Å². The molecule has 3 saturated carbocycles. The summed E-state index contributed by atoms with van der Waals surface area (Å²) < 4.78 is 5.86. The minimum absolute atomic E-state index is 0.193. The molecular formula is C23H31NO4. The van der Waals surface area contributed by atoms with Crippen LogP contribution in [0.4, 0.5) is 0 Å². The quantitative estimate of drug-likeness (QED) is 0.329. The lowest BCUT2D eigenvalue weighted by Gasteiger charge is -2.57. The molecule has 4 aliphatic rings. The number of carbonyl (C=O) groups is 1. The molecule has 5 nitrogen and oxygen atoms in total. The topological polar surface area (TPSA) is 79.1 Å². The van der Waals surface area contributed by atoms with Crippen molar-refractivity contribution in [2.45, 2.75) is 76.9 Å². The lowest BCUT2D eigenvalue weighted by molar-refractivity contribution is -0.171. The van der Waals surface area contributed by atoms with Crippen LogP contribution in [0.2, 0.25) is 0 Å². The number of nitrogens with zero attached hydrogens (tertiary/aromatic N) is 1. The summed E-state index contributed by atoms with van der Waals surface area (Å²) in [5.41, 5.74) is 0.713. The summed E-state index contributed by atoms with van der Waals surface area (Å²) >= 11 is 0. The van der Waals surface area contributed by atoms with Crippen LogP contribution in [0, 0.1) is 41.4 Å². The number of ether oxygens (including phenoxy) is 1. The maximum Gasteiger partial charge on any atom is 0.304 e. The molecule has 4 rings (SSSR count). The van der Waals surface area contributed by atoms with Crippen LogP contribution in [0.15, 0.2) is 16.8 Å². The third-order valence-corrected chi connectivity index (χ3v) is 8.49. The molecule has 0 bridgehead atoms. The van der Waals surface area contributed by atoms with E-state index >= 15 is 0 Å². The molecule has 5 heteroatoms. The van der Waals surface area contributed by atoms with E-state index in [1.807, 2.05) is 6.08 Å². The SMILES string of the molecule is C#C[C@]1(OC(C)=O)CCC2C3C[C@H](O)C4=C/C(=N/O)CCC4C3CC[C@@]21CC. The number of carbonyl (C=O) groups excluding carboxylic acids is 1. The van der Waals surface area contributed by atoms with Gasteiger partial charge in [0.2, 0.25) is 0 Å². The van der Waals surface area contributed by atoms with Gasteiger partial charge >= 0.3 is 5.97 Å². The molecule has 0 radical (unpaired) electrons. The van der Waals surface area contributed by atoms with Gasteiger partial charge in [0, 0.05) is 12.3 Å². The van der Waals surface area contributed by atoms with Crippen LogP contribution in [0.1, 0.15) is 65.2 Å². The Hall–Kier alpha value is -1.80. The predicted molar refractivity (Wildman–Crippen MR) is 106 cm³/mol. The zero-order valence-electron chi connectivity index (χ0n) is 16.9. The first-order chi connectivity index (χ1) is 13.4. The van der Waals surface area contributed by atoms with E-state index < -0.39 is 11.7 Å². The van der Waals surface area contributed by atoms with Gasteiger partial charge in [-0.05, 0) is 86.7 Å². The summed E-state index contributed by atoms with van der Waals surface area (Å²) in [7, 11) is 0. The number of allylic oxidation sites excluding steroid dienone is 1. The van der Waals surface area contributed by atoms with Gasteiger partial charge in [-0.2, -0.15) is 0 Å². The fraction of sp³-hybridized carbons (Fsp3) is 0.739. The van der Waals surface area contributed by atoms with Crippen molar-refractivity contribution in [3.63, 3.8) is 0 Å². The molecule has 4 unspecified atom stereocenters. The molecule has 2 N–H and O–H groups in total. The summed E-state index contributed by atoms with van der Waals surface area (Å²) in [6.45, 7) is 3.62. The number of aliphatic hydroxyl groups is 1. The lowest BCUT2D eigenvalue weighted by atomic mass is 9.49. The third kappa shape index (κ3) is 2.57. The van der Waals surface area contributed by atoms with Crippen molar-refractivity contribution < 1.29 is 19.8 Å². The van der Waals surface area contributed by atoms with Gasteiger partial charge in [0.15, 0.2) is 5.60 Å². The molecular weight excluding hydrogens is 354 g/mol. The molecule has 0 aromatic carbocycles. The van der Waals surface area contributed by atoms with E-state index in [9.17, 15) is 9.90 Å². The lowest BCUT2D eigenvalue weighted by Crippen LogP contribution is -2.56. The van der Waals surface area contributed by atoms with Crippen LogP contribution in [-0.4, -0.2) is 33.7 Å². The monoisotopic (exact) mass is 385 g/mol. The molecule has 0 heterocycles. The van der Waals surface area contributed by atoms with Crippen molar-refractivity contribution in [2.24, 2.45) is 34.2 Å². The second-order valence-corrected chi connectivity index (χ2v) is 9.22. The summed E-state index contributed by atoms with van der Waals surface area (Å²) in [5.74, 6) is 4.25. The van der Waals surface area contributed by atoms with Gasteiger partial charge in [-0.1, -0.05) is 18.0 Å². The van der Waals surface area contributed by atoms with E-state index in [-0.39, 0.29) is 11.4 Å². The molecule has 0 amide bonds. The number of fused-ring (bicyclic) bond motifs is 5. The van der Waals surface area contributed by atoms with Crippen LogP contribution in [-0.2, 0) is 9.53 Å². The van der Waals surface area contributed by atoms with Gasteiger partial charge in [0.1, 0.15) is 0 Å². The van der Waals surface area contributed by atoms with Gasteiger partial charge < -0.3 is 15.1 Å². The van der Waals surface area contributed by atoms with Crippen LogP contribution < -0.4 is 0 Å². The summed E-state index contributed by atoms with van der Waals surface area (Å²) in [4.78, 5) is 11.9. The maximum absolute atomic E-state index is 11.9. The van der Waals surface area contributed by atoms with E-state index in [0.29, 0.717) is 29.4 Å². The Balaban J connectivity index is 1.70. The molecule has 0 aromatic heterocycles. The van der Waals surface area contributed by atoms with Crippen LogP contribution >= 0.6 is 0 Å². The number of oxime groups is 1. The first-order valence-corrected chi connectivity index (χ1v) is 10.7. The second kappa shape index (κ2) is 6.91. The average molecular weight is 386 g/mol. The molecule has 0 saturated heterocycles. The number of aliphatic hydroxyl groups excluding tert-OH is 1. The standard InChI is InChI=1S/C23H31NO4/c1-4-22-10-8-17-16-7-6-15(24-27)12-19(16)21(26)13-18(17)20(22)9-11-23(22,5-2)28-14(3)25/h2,12,16-18,20-21,26-27H,4,6-11,13H2,1,3H3/b24-15+/t16?,17?,18?,20?,21-,22-,23-/m0/s1. The van der Waals surface area contributed by atoms with E-state index in [1.165, 1.54) is 6.92 Å². The van der Waals surface area contributed by atoms with E-state index in [2.05, 4.69) is 18.0 Å². The second-order valence-electron chi connectivity index (χ2n) is 9.22. The minimum atomic E-state index is -0.812. The summed E-state index contributed by atoms with van der Waals surface area (Å²) in [6.07, 6.45) is 14.4. The van der Waals surface area contributed by atoms with Crippen molar-refractivity contribution in [1.29, 1.82) is 0 Å². The normalized spacial score (nSPS) is 46.0. The molecule has 3 fully saturated rings. The Labute approximate surface area is 167 Å². The molecule has 28 heavy (non-hydrogen) atoms. The Morgan fingerprint density at radius 1 is 1.36 bits per heavy atom. The maximum atomic E-state index is 11.9. The first-order valence-electron chi connectivity index (χ1n) is 10.7. The van der Waals surface area contributed by atoms with Gasteiger partial charge in [-0.3, -0.25) is 4.79 Å². The first kappa shape index (κ1) is 19.5. The minimum Gasteiger partial charge on any atom is -0.445 e. The predicted octanol–water partition coefficient (Wildman–Crippen LogP) is 3.69. The Kier molecular flexibility index (Phi) is 4.82. The van der Waals surface area contributed by atoms with Crippen LogP contribution in [0.5, 0.6) is 0 Å². The van der Waals surface area contributed by atoms with Gasteiger partial charge in [-0.25, -0.2) is 0 Å². The highest BCUT2D eigenvalue weighted by Crippen LogP contribution is 2.67. The van der Waals surface area contributed by atoms with Crippen molar-refractivity contribution in [3.8, 4) is 12.3 Å². The molecule has 152 valence electrons. The molecule has 4 aliphatic carbocycles. The van der Waals surface area contributed by atoms with Gasteiger partial charge in [0.25, 0.3) is 0 Å². The average Bonchev–Trinajstić information content (AvgIpc) is 3.02. The van der Waals surface area contributed by atoms with Gasteiger partial charge in [-0.15, -0.1) is 6.42 Å². The van der Waals surface area contributed by atoms with Crippen molar-refractivity contribution in [2.75, 3.05) is 0 Å². The number of terminal acetylenes is 1. The van der Waals surface area contributed by atoms with Crippen molar-refractivity contribution >= 4 is 11.7 Å². The van der Waals surface area contributed by atoms with Crippen molar-refractivity contribution in [1.82, 2.24) is 0 Å². The molecule has 0 aliphatic heterocycles. The molecule has 7 atom stereocenters. The van der Waals surface area contributed by atoms with Gasteiger partial charge in [0.05, 0.1) is 11.8 Å². The highest BCUT2D eigenvalue weighted by Gasteiger charge is 2.66. The Bertz CT molecular complexity index is 765. The fourth-order valence-electron chi connectivity index (χ4n) is 7.46. The third-order valence-electron chi connectivity index (χ3n) is 8.49. The number of hydrogen-bond acceptors (Lipinski definition) is 5. The zero-order chi connectivity index (χ0) is 20.1. The largest absolute Gasteiger partial charge is 0.445 e. The summed E-state index contributed by atoms with van der Waals surface area (Å²) in [6, 6.07) is 0. The van der Waals surface area contributed by atoms with Crippen LogP contribution in [0.25, 0.3) is 0 Å². The zero-order valence-corrected chi connectivity index (χ0v) is 16.9. The highest BCUT2D eigenvalue weighted by atomic mass is 16.6. The number of hydrogen-bond donors (Lipinski definition) is 2. The van der Waals surface area contributed by atoms with E-state index in [1.54, 1.807) is 0 Å².